The zero-order valence-electron chi connectivity index (χ0n) is 15.5. The minimum absolute atomic E-state index is 0.0596. The lowest BCUT2D eigenvalue weighted by Crippen LogP contribution is -2.20. The molecule has 3 aromatic rings. The number of nitrogens with zero attached hydrogens (tertiary/aromatic N) is 2. The molecule has 1 N–H and O–H groups in total. The minimum Gasteiger partial charge on any atom is -0.450 e. The zero-order chi connectivity index (χ0) is 21.5. The monoisotopic (exact) mass is 405 g/mol. The van der Waals surface area contributed by atoms with Crippen LogP contribution in [0.5, 0.6) is 0 Å². The van der Waals surface area contributed by atoms with E-state index in [9.17, 15) is 19.7 Å². The van der Waals surface area contributed by atoms with Crippen molar-refractivity contribution in [2.24, 2.45) is 0 Å². The Morgan fingerprint density at radius 1 is 1.07 bits per heavy atom. The highest BCUT2D eigenvalue weighted by molar-refractivity contribution is 5.94. The Morgan fingerprint density at radius 2 is 1.77 bits per heavy atom. The van der Waals surface area contributed by atoms with Gasteiger partial charge in [-0.2, -0.15) is 5.26 Å². The molecule has 30 heavy (non-hydrogen) atoms. The second-order valence-electron chi connectivity index (χ2n) is 6.12. The number of nitrogens with one attached hydrogen (secondary N) is 1. The van der Waals surface area contributed by atoms with E-state index >= 15 is 0 Å². The highest BCUT2D eigenvalue weighted by atomic mass is 16.6. The molecule has 0 saturated carbocycles. The summed E-state index contributed by atoms with van der Waals surface area (Å²) in [6, 6.07) is 17.3. The Kier molecular flexibility index (Phi) is 6.20. The van der Waals surface area contributed by atoms with Gasteiger partial charge in [0, 0.05) is 23.4 Å². The standard InChI is InChI=1S/C21H15N3O6/c22-12-11-14-1-5-16(6-2-14)23-20(25)13-29-21(26)19-10-9-18(30-19)15-3-7-17(8-4-15)24(27)28/h1-10H,11,13H2,(H,23,25). The highest BCUT2D eigenvalue weighted by Gasteiger charge is 2.16. The number of amides is 1. The van der Waals surface area contributed by atoms with Gasteiger partial charge in [0.15, 0.2) is 6.61 Å². The first-order chi connectivity index (χ1) is 14.5. The van der Waals surface area contributed by atoms with Crippen LogP contribution in [0.2, 0.25) is 0 Å². The van der Waals surface area contributed by atoms with Crippen molar-refractivity contribution in [1.29, 1.82) is 5.26 Å². The van der Waals surface area contributed by atoms with Crippen LogP contribution >= 0.6 is 0 Å². The van der Waals surface area contributed by atoms with Crippen molar-refractivity contribution >= 4 is 23.3 Å². The molecular formula is C21H15N3O6. The van der Waals surface area contributed by atoms with Crippen molar-refractivity contribution in [2.45, 2.75) is 6.42 Å². The Balaban J connectivity index is 1.54. The number of carbonyl (C=O) groups is 2. The summed E-state index contributed by atoms with van der Waals surface area (Å²) in [5.74, 6) is -1.11. The fourth-order valence-corrected chi connectivity index (χ4v) is 2.55. The quantitative estimate of drug-likeness (QED) is 0.359. The number of hydrogen-bond acceptors (Lipinski definition) is 7. The van der Waals surface area contributed by atoms with Crippen molar-refractivity contribution < 1.29 is 23.7 Å². The summed E-state index contributed by atoms with van der Waals surface area (Å²) in [6.07, 6.45) is 0.275. The van der Waals surface area contributed by atoms with E-state index in [4.69, 9.17) is 14.4 Å². The third-order valence-corrected chi connectivity index (χ3v) is 4.03. The fraction of sp³-hybridized carbons (Fsp3) is 0.0952. The van der Waals surface area contributed by atoms with Gasteiger partial charge >= 0.3 is 5.97 Å². The minimum atomic E-state index is -0.817. The second-order valence-corrected chi connectivity index (χ2v) is 6.12. The lowest BCUT2D eigenvalue weighted by molar-refractivity contribution is -0.384. The molecule has 0 saturated heterocycles. The number of anilines is 1. The maximum atomic E-state index is 12.1. The van der Waals surface area contributed by atoms with Crippen molar-refractivity contribution in [2.75, 3.05) is 11.9 Å². The molecule has 9 nitrogen and oxygen atoms in total. The molecular weight excluding hydrogens is 390 g/mol. The van der Waals surface area contributed by atoms with Crippen LogP contribution in [-0.4, -0.2) is 23.4 Å². The first-order valence-corrected chi connectivity index (χ1v) is 8.74. The number of non-ortho nitro benzene ring substituents is 1. The maximum Gasteiger partial charge on any atom is 0.374 e. The number of hydrogen-bond donors (Lipinski definition) is 1. The molecule has 1 amide bonds. The van der Waals surface area contributed by atoms with Gasteiger partial charge in [0.2, 0.25) is 5.76 Å². The molecule has 150 valence electrons. The molecule has 0 aliphatic carbocycles. The van der Waals surface area contributed by atoms with E-state index in [1.54, 1.807) is 24.3 Å². The van der Waals surface area contributed by atoms with E-state index in [0.717, 1.165) is 5.56 Å². The fourth-order valence-electron chi connectivity index (χ4n) is 2.55. The summed E-state index contributed by atoms with van der Waals surface area (Å²) in [4.78, 5) is 34.2. The number of nitro benzene ring substituents is 1. The van der Waals surface area contributed by atoms with E-state index in [1.807, 2.05) is 6.07 Å². The number of nitro groups is 1. The molecule has 0 spiro atoms. The molecule has 1 aromatic heterocycles. The van der Waals surface area contributed by atoms with Gasteiger partial charge in [-0.15, -0.1) is 0 Å². The van der Waals surface area contributed by atoms with Crippen molar-refractivity contribution in [3.8, 4) is 17.4 Å². The lowest BCUT2D eigenvalue weighted by atomic mass is 10.1. The third kappa shape index (κ3) is 5.08. The smallest absolute Gasteiger partial charge is 0.374 e. The molecule has 9 heteroatoms. The number of esters is 1. The Morgan fingerprint density at radius 3 is 2.40 bits per heavy atom. The average Bonchev–Trinajstić information content (AvgIpc) is 3.24. The van der Waals surface area contributed by atoms with Crippen LogP contribution in [0.25, 0.3) is 11.3 Å². The number of ether oxygens (including phenoxy) is 1. The molecule has 0 unspecified atom stereocenters. The van der Waals surface area contributed by atoms with Gasteiger partial charge in [-0.05, 0) is 42.0 Å². The molecule has 2 aromatic carbocycles. The van der Waals surface area contributed by atoms with E-state index < -0.39 is 23.4 Å². The van der Waals surface area contributed by atoms with Crippen LogP contribution in [0.15, 0.2) is 65.1 Å². The van der Waals surface area contributed by atoms with Crippen LogP contribution in [0.3, 0.4) is 0 Å². The van der Waals surface area contributed by atoms with Crippen molar-refractivity contribution in [3.05, 3.63) is 82.1 Å². The Hall–Kier alpha value is -4.45. The molecule has 0 aliphatic heterocycles. The van der Waals surface area contributed by atoms with E-state index in [2.05, 4.69) is 5.32 Å². The van der Waals surface area contributed by atoms with Crippen LogP contribution < -0.4 is 5.32 Å². The summed E-state index contributed by atoms with van der Waals surface area (Å²) in [5, 5.41) is 21.9. The Bertz CT molecular complexity index is 1110. The predicted octanol–water partition coefficient (Wildman–Crippen LogP) is 3.72. The predicted molar refractivity (Wildman–Crippen MR) is 105 cm³/mol. The molecule has 0 bridgehead atoms. The number of benzene rings is 2. The first kappa shape index (κ1) is 20.3. The molecule has 0 atom stereocenters. The highest BCUT2D eigenvalue weighted by Crippen LogP contribution is 2.24. The van der Waals surface area contributed by atoms with Crippen LogP contribution in [-0.2, 0) is 16.0 Å². The van der Waals surface area contributed by atoms with Crippen molar-refractivity contribution in [3.63, 3.8) is 0 Å². The summed E-state index contributed by atoms with van der Waals surface area (Å²) >= 11 is 0. The summed E-state index contributed by atoms with van der Waals surface area (Å²) in [5.41, 5.74) is 1.83. The van der Waals surface area contributed by atoms with Gasteiger partial charge in [-0.1, -0.05) is 12.1 Å². The van der Waals surface area contributed by atoms with Gasteiger partial charge in [-0.3, -0.25) is 14.9 Å². The number of rotatable bonds is 7. The maximum absolute atomic E-state index is 12.1. The summed E-state index contributed by atoms with van der Waals surface area (Å²) < 4.78 is 10.4. The lowest BCUT2D eigenvalue weighted by Gasteiger charge is -2.06. The average molecular weight is 405 g/mol. The number of furan rings is 1. The van der Waals surface area contributed by atoms with Crippen molar-refractivity contribution in [1.82, 2.24) is 0 Å². The van der Waals surface area contributed by atoms with Gasteiger partial charge in [-0.25, -0.2) is 4.79 Å². The van der Waals surface area contributed by atoms with Gasteiger partial charge in [0.05, 0.1) is 17.4 Å². The molecule has 0 fully saturated rings. The summed E-state index contributed by atoms with van der Waals surface area (Å²) in [6.45, 7) is -0.508. The van der Waals surface area contributed by atoms with Gasteiger partial charge in [0.25, 0.3) is 11.6 Å². The van der Waals surface area contributed by atoms with E-state index in [0.29, 0.717) is 17.0 Å². The van der Waals surface area contributed by atoms with Crippen LogP contribution in [0, 0.1) is 21.4 Å². The molecule has 0 aliphatic rings. The number of carbonyl (C=O) groups excluding carboxylic acids is 2. The third-order valence-electron chi connectivity index (χ3n) is 4.03. The van der Waals surface area contributed by atoms with Gasteiger partial charge < -0.3 is 14.5 Å². The van der Waals surface area contributed by atoms with Crippen LogP contribution in [0.4, 0.5) is 11.4 Å². The normalized spacial score (nSPS) is 10.1. The molecule has 0 radical (unpaired) electrons. The molecule has 3 rings (SSSR count). The largest absolute Gasteiger partial charge is 0.450 e. The summed E-state index contributed by atoms with van der Waals surface area (Å²) in [7, 11) is 0. The number of nitriles is 1. The zero-order valence-corrected chi connectivity index (χ0v) is 15.5. The van der Waals surface area contributed by atoms with E-state index in [-0.39, 0.29) is 17.9 Å². The molecule has 1 heterocycles. The Labute approximate surface area is 170 Å². The second kappa shape index (κ2) is 9.16. The topological polar surface area (TPSA) is 135 Å². The SMILES string of the molecule is N#CCc1ccc(NC(=O)COC(=O)c2ccc(-c3ccc([N+](=O)[O-])cc3)o2)cc1. The van der Waals surface area contributed by atoms with Crippen LogP contribution in [0.1, 0.15) is 16.1 Å². The van der Waals surface area contributed by atoms with Gasteiger partial charge in [0.1, 0.15) is 5.76 Å². The van der Waals surface area contributed by atoms with E-state index in [1.165, 1.54) is 36.4 Å². The first-order valence-electron chi connectivity index (χ1n) is 8.74.